The van der Waals surface area contributed by atoms with Gasteiger partial charge < -0.3 is 20.9 Å². The second kappa shape index (κ2) is 12.3. The molecule has 39 heavy (non-hydrogen) atoms. The fourth-order valence-electron chi connectivity index (χ4n) is 4.92. The summed E-state index contributed by atoms with van der Waals surface area (Å²) in [6.07, 6.45) is 4.51. The molecule has 1 fully saturated rings. The Kier molecular flexibility index (Phi) is 8.82. The van der Waals surface area contributed by atoms with Crippen molar-refractivity contribution in [2.45, 2.75) is 50.7 Å². The van der Waals surface area contributed by atoms with E-state index in [4.69, 9.17) is 5.73 Å². The van der Waals surface area contributed by atoms with Crippen LogP contribution in [0.25, 0.3) is 10.8 Å². The van der Waals surface area contributed by atoms with Crippen LogP contribution < -0.4 is 11.1 Å². The maximum absolute atomic E-state index is 14.2. The molecule has 3 aromatic rings. The Bertz CT molecular complexity index is 1350. The summed E-state index contributed by atoms with van der Waals surface area (Å²) in [5.41, 5.74) is 7.54. The third kappa shape index (κ3) is 7.33. The van der Waals surface area contributed by atoms with E-state index in [1.807, 2.05) is 80.6 Å². The predicted octanol–water partition coefficient (Wildman–Crippen LogP) is 3.46. The van der Waals surface area contributed by atoms with Gasteiger partial charge in [-0.3, -0.25) is 14.4 Å². The van der Waals surface area contributed by atoms with Gasteiger partial charge in [-0.15, -0.1) is 0 Å². The highest BCUT2D eigenvalue weighted by Gasteiger charge is 2.38. The normalized spacial score (nSPS) is 16.8. The Morgan fingerprint density at radius 3 is 2.46 bits per heavy atom. The van der Waals surface area contributed by atoms with Gasteiger partial charge in [0.25, 0.3) is 0 Å². The Morgan fingerprint density at radius 1 is 1.05 bits per heavy atom. The van der Waals surface area contributed by atoms with Crippen LogP contribution in [0.15, 0.2) is 84.9 Å². The third-order valence-corrected chi connectivity index (χ3v) is 7.13. The number of rotatable bonds is 9. The molecule has 7 nitrogen and oxygen atoms in total. The standard InChI is InChI=1S/C32H38N4O3/c1-32(2,33)17-9-14-29(37)35(3)28(22-24-15-16-25-12-7-8-13-26(25)20-24)31(39)36-19-18-34-30(38)27(36)21-23-10-5-4-6-11-23/h4-16,20,27-28H,17-19,21-22,33H2,1-3H3,(H,34,38)/t27-,28-/m1/s1. The zero-order valence-electron chi connectivity index (χ0n) is 23.0. The van der Waals surface area contributed by atoms with Gasteiger partial charge in [-0.2, -0.15) is 0 Å². The van der Waals surface area contributed by atoms with Crippen LogP contribution in [0.1, 0.15) is 31.4 Å². The van der Waals surface area contributed by atoms with Gasteiger partial charge in [0.1, 0.15) is 12.1 Å². The second-order valence-electron chi connectivity index (χ2n) is 11.0. The molecule has 1 aliphatic heterocycles. The summed E-state index contributed by atoms with van der Waals surface area (Å²) in [4.78, 5) is 43.6. The molecular weight excluding hydrogens is 488 g/mol. The van der Waals surface area contributed by atoms with E-state index in [0.29, 0.717) is 32.4 Å². The van der Waals surface area contributed by atoms with Crippen LogP contribution in [0.5, 0.6) is 0 Å². The number of piperazine rings is 1. The van der Waals surface area contributed by atoms with Gasteiger partial charge in [-0.05, 0) is 48.2 Å². The van der Waals surface area contributed by atoms with Crippen LogP contribution in [0.3, 0.4) is 0 Å². The molecule has 0 spiro atoms. The van der Waals surface area contributed by atoms with Crippen LogP contribution in [0.4, 0.5) is 0 Å². The lowest BCUT2D eigenvalue weighted by Gasteiger charge is -2.39. The molecule has 1 heterocycles. The molecule has 0 bridgehead atoms. The Balaban J connectivity index is 1.64. The van der Waals surface area contributed by atoms with Crippen molar-refractivity contribution < 1.29 is 14.4 Å². The zero-order chi connectivity index (χ0) is 28.0. The SMILES string of the molecule is CN(C(=O)C=CCC(C)(C)N)[C@H](Cc1ccc2ccccc2c1)C(=O)N1CCNC(=O)[C@H]1Cc1ccccc1. The molecule has 4 rings (SSSR count). The number of nitrogens with zero attached hydrogens (tertiary/aromatic N) is 2. The summed E-state index contributed by atoms with van der Waals surface area (Å²) in [6, 6.07) is 22.4. The molecule has 0 saturated carbocycles. The fourth-order valence-corrected chi connectivity index (χ4v) is 4.92. The molecule has 7 heteroatoms. The number of nitrogens with one attached hydrogen (secondary N) is 1. The highest BCUT2D eigenvalue weighted by atomic mass is 16.2. The highest BCUT2D eigenvalue weighted by Crippen LogP contribution is 2.21. The summed E-state index contributed by atoms with van der Waals surface area (Å²) < 4.78 is 0. The first kappa shape index (κ1) is 28.0. The molecular formula is C32H38N4O3. The molecule has 3 N–H and O–H groups in total. The van der Waals surface area contributed by atoms with Crippen molar-refractivity contribution in [3.05, 3.63) is 96.1 Å². The summed E-state index contributed by atoms with van der Waals surface area (Å²) in [5, 5.41) is 5.08. The number of amides is 3. The fraction of sp³-hybridized carbons (Fsp3) is 0.344. The van der Waals surface area contributed by atoms with Crippen molar-refractivity contribution in [3.63, 3.8) is 0 Å². The summed E-state index contributed by atoms with van der Waals surface area (Å²) in [5.74, 6) is -0.691. The van der Waals surface area contributed by atoms with Crippen molar-refractivity contribution in [2.24, 2.45) is 5.73 Å². The number of hydrogen-bond donors (Lipinski definition) is 2. The number of fused-ring (bicyclic) bond motifs is 1. The molecule has 0 aromatic heterocycles. The topological polar surface area (TPSA) is 95.7 Å². The molecule has 0 unspecified atom stereocenters. The Morgan fingerprint density at radius 2 is 1.74 bits per heavy atom. The van der Waals surface area contributed by atoms with Crippen LogP contribution in [0, 0.1) is 0 Å². The first-order valence-electron chi connectivity index (χ1n) is 13.4. The highest BCUT2D eigenvalue weighted by molar-refractivity contribution is 5.95. The largest absolute Gasteiger partial charge is 0.353 e. The van der Waals surface area contributed by atoms with Crippen LogP contribution in [0.2, 0.25) is 0 Å². The van der Waals surface area contributed by atoms with Crippen LogP contribution >= 0.6 is 0 Å². The maximum Gasteiger partial charge on any atom is 0.246 e. The zero-order valence-corrected chi connectivity index (χ0v) is 23.0. The number of carbonyl (C=O) groups excluding carboxylic acids is 3. The van der Waals surface area contributed by atoms with Gasteiger partial charge in [0.05, 0.1) is 0 Å². The molecule has 2 atom stereocenters. The predicted molar refractivity (Wildman–Crippen MR) is 155 cm³/mol. The summed E-state index contributed by atoms with van der Waals surface area (Å²) >= 11 is 0. The van der Waals surface area contributed by atoms with E-state index in [0.717, 1.165) is 21.9 Å². The average molecular weight is 527 g/mol. The van der Waals surface area contributed by atoms with Crippen molar-refractivity contribution in [2.75, 3.05) is 20.1 Å². The molecule has 0 radical (unpaired) electrons. The lowest BCUT2D eigenvalue weighted by atomic mass is 9.97. The monoisotopic (exact) mass is 526 g/mol. The maximum atomic E-state index is 14.2. The van der Waals surface area contributed by atoms with E-state index >= 15 is 0 Å². The van der Waals surface area contributed by atoms with E-state index in [-0.39, 0.29) is 17.7 Å². The summed E-state index contributed by atoms with van der Waals surface area (Å²) in [6.45, 7) is 4.55. The minimum absolute atomic E-state index is 0.179. The van der Waals surface area contributed by atoms with E-state index < -0.39 is 17.6 Å². The third-order valence-electron chi connectivity index (χ3n) is 7.13. The van der Waals surface area contributed by atoms with Gasteiger partial charge in [-0.1, -0.05) is 78.9 Å². The molecule has 1 saturated heterocycles. The number of nitrogens with two attached hydrogens (primary N) is 1. The smallest absolute Gasteiger partial charge is 0.246 e. The van der Waals surface area contributed by atoms with Crippen molar-refractivity contribution >= 4 is 28.5 Å². The number of hydrogen-bond acceptors (Lipinski definition) is 4. The summed E-state index contributed by atoms with van der Waals surface area (Å²) in [7, 11) is 1.65. The van der Waals surface area contributed by atoms with Gasteiger partial charge in [0.2, 0.25) is 17.7 Å². The molecule has 1 aliphatic rings. The van der Waals surface area contributed by atoms with E-state index in [9.17, 15) is 14.4 Å². The number of benzene rings is 3. The minimum Gasteiger partial charge on any atom is -0.353 e. The van der Waals surface area contributed by atoms with Crippen molar-refractivity contribution in [1.29, 1.82) is 0 Å². The van der Waals surface area contributed by atoms with Gasteiger partial charge in [0, 0.05) is 38.5 Å². The molecule has 3 amide bonds. The van der Waals surface area contributed by atoms with Crippen molar-refractivity contribution in [3.8, 4) is 0 Å². The first-order valence-corrected chi connectivity index (χ1v) is 13.4. The van der Waals surface area contributed by atoms with Gasteiger partial charge in [0.15, 0.2) is 0 Å². The van der Waals surface area contributed by atoms with Crippen LogP contribution in [-0.4, -0.2) is 65.3 Å². The lowest BCUT2D eigenvalue weighted by molar-refractivity contribution is -0.149. The number of likely N-dealkylation sites (N-methyl/N-ethyl adjacent to an activating group) is 1. The first-order chi connectivity index (χ1) is 18.6. The molecule has 204 valence electrons. The van der Waals surface area contributed by atoms with Crippen LogP contribution in [-0.2, 0) is 27.2 Å². The lowest BCUT2D eigenvalue weighted by Crippen LogP contribution is -2.62. The minimum atomic E-state index is -0.779. The Labute approximate surface area is 230 Å². The van der Waals surface area contributed by atoms with Crippen molar-refractivity contribution in [1.82, 2.24) is 15.1 Å². The molecule has 3 aromatic carbocycles. The quantitative estimate of drug-likeness (QED) is 0.418. The molecule has 0 aliphatic carbocycles. The van der Waals surface area contributed by atoms with Gasteiger partial charge in [-0.25, -0.2) is 0 Å². The van der Waals surface area contributed by atoms with E-state index in [1.165, 1.54) is 11.0 Å². The van der Waals surface area contributed by atoms with E-state index in [1.54, 1.807) is 18.0 Å². The average Bonchev–Trinajstić information content (AvgIpc) is 2.92. The number of carbonyl (C=O) groups is 3. The van der Waals surface area contributed by atoms with E-state index in [2.05, 4.69) is 11.4 Å². The van der Waals surface area contributed by atoms with Gasteiger partial charge >= 0.3 is 0 Å². The Hall–Kier alpha value is -3.97. The second-order valence-corrected chi connectivity index (χ2v) is 11.0.